The van der Waals surface area contributed by atoms with Gasteiger partial charge < -0.3 is 19.5 Å². The van der Waals surface area contributed by atoms with Crippen molar-refractivity contribution in [2.24, 2.45) is 0 Å². The lowest BCUT2D eigenvalue weighted by Gasteiger charge is -2.09. The van der Waals surface area contributed by atoms with Crippen molar-refractivity contribution in [2.75, 3.05) is 26.1 Å². The smallest absolute Gasteiger partial charge is 0.328 e. The summed E-state index contributed by atoms with van der Waals surface area (Å²) in [7, 11) is 3.11. The minimum Gasteiger partial charge on any atom is -0.496 e. The summed E-state index contributed by atoms with van der Waals surface area (Å²) >= 11 is 5.84. The third-order valence-electron chi connectivity index (χ3n) is 2.46. The molecular formula is C13H15ClN4O3. The van der Waals surface area contributed by atoms with Crippen LogP contribution in [0.15, 0.2) is 18.2 Å². The van der Waals surface area contributed by atoms with Gasteiger partial charge in [-0.15, -0.1) is 0 Å². The predicted octanol–water partition coefficient (Wildman–Crippen LogP) is 2.77. The van der Waals surface area contributed by atoms with Gasteiger partial charge in [0.2, 0.25) is 11.2 Å². The lowest BCUT2D eigenvalue weighted by atomic mass is 10.3. The molecule has 112 valence electrons. The molecule has 0 spiro atoms. The molecule has 0 bridgehead atoms. The fourth-order valence-electron chi connectivity index (χ4n) is 1.56. The molecule has 0 radical (unpaired) electrons. The number of nitrogens with zero attached hydrogens (tertiary/aromatic N) is 3. The van der Waals surface area contributed by atoms with E-state index >= 15 is 0 Å². The highest BCUT2D eigenvalue weighted by Gasteiger charge is 2.09. The van der Waals surface area contributed by atoms with Crippen LogP contribution in [0.5, 0.6) is 23.3 Å². The summed E-state index contributed by atoms with van der Waals surface area (Å²) in [4.78, 5) is 12.0. The van der Waals surface area contributed by atoms with E-state index in [-0.39, 0.29) is 11.3 Å². The summed E-state index contributed by atoms with van der Waals surface area (Å²) in [5.74, 6) is 2.01. The molecule has 21 heavy (non-hydrogen) atoms. The molecule has 1 aromatic heterocycles. The summed E-state index contributed by atoms with van der Waals surface area (Å²) in [5.41, 5.74) is 0. The molecule has 0 aliphatic heterocycles. The number of aromatic nitrogens is 3. The fourth-order valence-corrected chi connectivity index (χ4v) is 1.71. The quantitative estimate of drug-likeness (QED) is 0.878. The number of nitrogens with one attached hydrogen (secondary N) is 1. The van der Waals surface area contributed by atoms with Crippen LogP contribution < -0.4 is 19.5 Å². The second-order valence-electron chi connectivity index (χ2n) is 3.89. The van der Waals surface area contributed by atoms with Crippen LogP contribution in [-0.4, -0.2) is 35.7 Å². The number of anilines is 1. The van der Waals surface area contributed by atoms with Crippen molar-refractivity contribution in [1.82, 2.24) is 15.0 Å². The van der Waals surface area contributed by atoms with Gasteiger partial charge in [0.25, 0.3) is 0 Å². The monoisotopic (exact) mass is 310 g/mol. The van der Waals surface area contributed by atoms with Gasteiger partial charge in [-0.2, -0.15) is 15.0 Å². The van der Waals surface area contributed by atoms with E-state index in [1.54, 1.807) is 32.4 Å². The number of hydrogen-bond acceptors (Lipinski definition) is 7. The summed E-state index contributed by atoms with van der Waals surface area (Å²) in [6, 6.07) is 5.19. The molecule has 0 aliphatic rings. The largest absolute Gasteiger partial charge is 0.496 e. The Hall–Kier alpha value is -2.28. The molecule has 0 aliphatic carbocycles. The Morgan fingerprint density at radius 3 is 2.19 bits per heavy atom. The number of halogens is 1. The van der Waals surface area contributed by atoms with E-state index in [9.17, 15) is 0 Å². The van der Waals surface area contributed by atoms with Gasteiger partial charge >= 0.3 is 6.01 Å². The van der Waals surface area contributed by atoms with Gasteiger partial charge in [0, 0.05) is 24.7 Å². The lowest BCUT2D eigenvalue weighted by Crippen LogP contribution is -2.04. The molecule has 2 aromatic rings. The van der Waals surface area contributed by atoms with Gasteiger partial charge in [0.05, 0.1) is 14.2 Å². The Morgan fingerprint density at radius 1 is 1.00 bits per heavy atom. The van der Waals surface area contributed by atoms with Crippen LogP contribution in [0.1, 0.15) is 6.92 Å². The summed E-state index contributed by atoms with van der Waals surface area (Å²) in [6.45, 7) is 2.58. The van der Waals surface area contributed by atoms with Crippen molar-refractivity contribution in [3.8, 4) is 23.3 Å². The summed E-state index contributed by atoms with van der Waals surface area (Å²) < 4.78 is 15.9. The molecular weight excluding hydrogens is 296 g/mol. The average Bonchev–Trinajstić information content (AvgIpc) is 2.46. The number of ether oxygens (including phenoxy) is 3. The maximum Gasteiger partial charge on any atom is 0.328 e. The normalized spacial score (nSPS) is 10.1. The van der Waals surface area contributed by atoms with Crippen LogP contribution in [0.25, 0.3) is 0 Å². The Bertz CT molecular complexity index is 602. The maximum absolute atomic E-state index is 5.84. The molecule has 0 atom stereocenters. The SMILES string of the molecule is CCNc1nc(Cl)nc(Oc2cc(OC)cc(OC)c2)n1. The molecule has 0 saturated heterocycles. The van der Waals surface area contributed by atoms with Gasteiger partial charge in [-0.05, 0) is 18.5 Å². The van der Waals surface area contributed by atoms with E-state index in [0.717, 1.165) is 0 Å². The van der Waals surface area contributed by atoms with Crippen LogP contribution >= 0.6 is 11.6 Å². The predicted molar refractivity (Wildman–Crippen MR) is 78.6 cm³/mol. The number of hydrogen-bond donors (Lipinski definition) is 1. The van der Waals surface area contributed by atoms with Crippen LogP contribution in [0.3, 0.4) is 0 Å². The van der Waals surface area contributed by atoms with Gasteiger partial charge in [-0.25, -0.2) is 0 Å². The zero-order chi connectivity index (χ0) is 15.2. The highest BCUT2D eigenvalue weighted by Crippen LogP contribution is 2.30. The highest BCUT2D eigenvalue weighted by molar-refractivity contribution is 6.28. The van der Waals surface area contributed by atoms with Crippen molar-refractivity contribution in [1.29, 1.82) is 0 Å². The first kappa shape index (κ1) is 15.1. The number of methoxy groups -OCH3 is 2. The molecule has 0 saturated carbocycles. The number of benzene rings is 1. The molecule has 1 aromatic carbocycles. The summed E-state index contributed by atoms with van der Waals surface area (Å²) in [5, 5.41) is 2.99. The highest BCUT2D eigenvalue weighted by atomic mass is 35.5. The molecule has 7 nitrogen and oxygen atoms in total. The van der Waals surface area contributed by atoms with E-state index in [2.05, 4.69) is 20.3 Å². The van der Waals surface area contributed by atoms with Gasteiger partial charge in [-0.3, -0.25) is 0 Å². The Balaban J connectivity index is 2.28. The first-order valence-corrected chi connectivity index (χ1v) is 6.58. The van der Waals surface area contributed by atoms with Crippen LogP contribution in [0.4, 0.5) is 5.95 Å². The Kier molecular flexibility index (Phi) is 4.99. The van der Waals surface area contributed by atoms with Crippen molar-refractivity contribution in [3.63, 3.8) is 0 Å². The van der Waals surface area contributed by atoms with E-state index < -0.39 is 0 Å². The van der Waals surface area contributed by atoms with E-state index in [1.807, 2.05) is 6.92 Å². The first-order chi connectivity index (χ1) is 10.1. The molecule has 8 heteroatoms. The van der Waals surface area contributed by atoms with Gasteiger partial charge in [-0.1, -0.05) is 0 Å². The zero-order valence-electron chi connectivity index (χ0n) is 11.9. The lowest BCUT2D eigenvalue weighted by molar-refractivity contribution is 0.382. The molecule has 0 fully saturated rings. The van der Waals surface area contributed by atoms with Crippen molar-refractivity contribution < 1.29 is 14.2 Å². The first-order valence-electron chi connectivity index (χ1n) is 6.21. The van der Waals surface area contributed by atoms with Crippen LogP contribution in [-0.2, 0) is 0 Å². The Morgan fingerprint density at radius 2 is 1.62 bits per heavy atom. The standard InChI is InChI=1S/C13H15ClN4O3/c1-4-15-12-16-11(14)17-13(18-12)21-10-6-8(19-2)5-9(7-10)20-3/h5-7H,4H2,1-3H3,(H,15,16,17,18). The average molecular weight is 311 g/mol. The fraction of sp³-hybridized carbons (Fsp3) is 0.308. The second kappa shape index (κ2) is 6.94. The van der Waals surface area contributed by atoms with Crippen LogP contribution in [0, 0.1) is 0 Å². The van der Waals surface area contributed by atoms with E-state index in [0.29, 0.717) is 29.7 Å². The minimum atomic E-state index is 0.0470. The van der Waals surface area contributed by atoms with Crippen LogP contribution in [0.2, 0.25) is 5.28 Å². The number of rotatable bonds is 6. The van der Waals surface area contributed by atoms with E-state index in [4.69, 9.17) is 25.8 Å². The Labute approximate surface area is 127 Å². The van der Waals surface area contributed by atoms with Crippen molar-refractivity contribution >= 4 is 17.5 Å². The molecule has 1 heterocycles. The minimum absolute atomic E-state index is 0.0470. The van der Waals surface area contributed by atoms with Gasteiger partial charge in [0.1, 0.15) is 17.2 Å². The zero-order valence-corrected chi connectivity index (χ0v) is 12.6. The third-order valence-corrected chi connectivity index (χ3v) is 2.63. The van der Waals surface area contributed by atoms with E-state index in [1.165, 1.54) is 0 Å². The molecule has 0 amide bonds. The molecule has 0 unspecified atom stereocenters. The third kappa shape index (κ3) is 4.09. The summed E-state index contributed by atoms with van der Waals surface area (Å²) in [6.07, 6.45) is 0. The van der Waals surface area contributed by atoms with Crippen molar-refractivity contribution in [3.05, 3.63) is 23.5 Å². The second-order valence-corrected chi connectivity index (χ2v) is 4.23. The topological polar surface area (TPSA) is 78.4 Å². The molecule has 1 N–H and O–H groups in total. The van der Waals surface area contributed by atoms with Gasteiger partial charge in [0.15, 0.2) is 0 Å². The van der Waals surface area contributed by atoms with Crippen molar-refractivity contribution in [2.45, 2.75) is 6.92 Å². The maximum atomic E-state index is 5.84. The molecule has 2 rings (SSSR count).